The van der Waals surface area contributed by atoms with Crippen LogP contribution in [0.25, 0.3) is 0 Å². The molecule has 17 heavy (non-hydrogen) atoms. The minimum atomic E-state index is -0.559. The first-order valence-electron chi connectivity index (χ1n) is 5.52. The molecule has 0 amide bonds. The van der Waals surface area contributed by atoms with Crippen molar-refractivity contribution in [3.05, 3.63) is 34.6 Å². The van der Waals surface area contributed by atoms with Crippen molar-refractivity contribution in [2.45, 2.75) is 6.04 Å². The maximum absolute atomic E-state index is 13.9. The molecule has 0 aromatic heterocycles. The first kappa shape index (κ1) is 12.3. The van der Waals surface area contributed by atoms with Crippen molar-refractivity contribution in [3.8, 4) is 6.07 Å². The molecule has 1 aliphatic heterocycles. The fourth-order valence-electron chi connectivity index (χ4n) is 2.02. The second-order valence-electron chi connectivity index (χ2n) is 3.96. The molecule has 1 heterocycles. The molecule has 3 nitrogen and oxygen atoms in total. The molecule has 1 unspecified atom stereocenters. The number of piperazine rings is 1. The van der Waals surface area contributed by atoms with Gasteiger partial charge in [0.05, 0.1) is 11.1 Å². The van der Waals surface area contributed by atoms with Gasteiger partial charge >= 0.3 is 0 Å². The van der Waals surface area contributed by atoms with E-state index in [1.807, 2.05) is 4.90 Å². The Kier molecular flexibility index (Phi) is 3.95. The van der Waals surface area contributed by atoms with Crippen LogP contribution in [0.3, 0.4) is 0 Å². The summed E-state index contributed by atoms with van der Waals surface area (Å²) >= 11 is 5.74. The lowest BCUT2D eigenvalue weighted by Crippen LogP contribution is -2.45. The van der Waals surface area contributed by atoms with Crippen molar-refractivity contribution in [1.82, 2.24) is 10.2 Å². The van der Waals surface area contributed by atoms with Gasteiger partial charge < -0.3 is 5.32 Å². The summed E-state index contributed by atoms with van der Waals surface area (Å²) in [5, 5.41) is 12.5. The summed E-state index contributed by atoms with van der Waals surface area (Å²) in [5.41, 5.74) is 0.363. The van der Waals surface area contributed by atoms with E-state index in [9.17, 15) is 9.65 Å². The second-order valence-corrected chi connectivity index (χ2v) is 4.37. The summed E-state index contributed by atoms with van der Waals surface area (Å²) in [6, 6.07) is 6.38. The smallest absolute Gasteiger partial charge is 0.147 e. The van der Waals surface area contributed by atoms with Gasteiger partial charge in [0, 0.05) is 31.7 Å². The van der Waals surface area contributed by atoms with Crippen LogP contribution in [0.1, 0.15) is 11.6 Å². The highest BCUT2D eigenvalue weighted by Crippen LogP contribution is 2.27. The van der Waals surface area contributed by atoms with E-state index in [0.29, 0.717) is 5.56 Å². The third kappa shape index (κ3) is 2.58. The fourth-order valence-corrected chi connectivity index (χ4v) is 2.20. The average Bonchev–Trinajstić information content (AvgIpc) is 2.37. The molecule has 0 radical (unpaired) electrons. The van der Waals surface area contributed by atoms with Gasteiger partial charge in [-0.05, 0) is 6.07 Å². The van der Waals surface area contributed by atoms with Crippen LogP contribution in [-0.4, -0.2) is 31.1 Å². The molecule has 1 N–H and O–H groups in total. The van der Waals surface area contributed by atoms with Gasteiger partial charge in [0.25, 0.3) is 0 Å². The Labute approximate surface area is 105 Å². The Morgan fingerprint density at radius 1 is 1.41 bits per heavy atom. The van der Waals surface area contributed by atoms with Gasteiger partial charge in [-0.2, -0.15) is 5.26 Å². The molecular formula is C12H13ClFN3. The van der Waals surface area contributed by atoms with E-state index in [2.05, 4.69) is 11.4 Å². The molecule has 1 aromatic rings. The van der Waals surface area contributed by atoms with Gasteiger partial charge in [-0.1, -0.05) is 23.7 Å². The summed E-state index contributed by atoms with van der Waals surface area (Å²) in [5.74, 6) is -0.487. The van der Waals surface area contributed by atoms with Crippen LogP contribution in [0.4, 0.5) is 4.39 Å². The third-order valence-corrected chi connectivity index (χ3v) is 3.21. The number of benzene rings is 1. The first-order valence-corrected chi connectivity index (χ1v) is 5.90. The van der Waals surface area contributed by atoms with E-state index >= 15 is 0 Å². The zero-order valence-corrected chi connectivity index (χ0v) is 10.0. The van der Waals surface area contributed by atoms with E-state index in [1.54, 1.807) is 12.1 Å². The van der Waals surface area contributed by atoms with E-state index in [4.69, 9.17) is 11.6 Å². The van der Waals surface area contributed by atoms with Crippen LogP contribution in [0.5, 0.6) is 0 Å². The maximum atomic E-state index is 13.9. The highest BCUT2D eigenvalue weighted by molar-refractivity contribution is 6.30. The third-order valence-electron chi connectivity index (χ3n) is 2.92. The van der Waals surface area contributed by atoms with Crippen LogP contribution in [-0.2, 0) is 0 Å². The summed E-state index contributed by atoms with van der Waals surface area (Å²) in [6.45, 7) is 3.12. The van der Waals surface area contributed by atoms with Crippen molar-refractivity contribution >= 4 is 11.6 Å². The van der Waals surface area contributed by atoms with Crippen LogP contribution in [0, 0.1) is 17.1 Å². The quantitative estimate of drug-likeness (QED) is 0.876. The number of halogens is 2. The first-order chi connectivity index (χ1) is 8.24. The molecule has 1 fully saturated rings. The van der Waals surface area contributed by atoms with E-state index in [-0.39, 0.29) is 5.02 Å². The number of nitrogens with one attached hydrogen (secondary N) is 1. The van der Waals surface area contributed by atoms with E-state index in [1.165, 1.54) is 6.07 Å². The van der Waals surface area contributed by atoms with Crippen LogP contribution in [0.15, 0.2) is 18.2 Å². The van der Waals surface area contributed by atoms with Gasteiger partial charge in [-0.15, -0.1) is 0 Å². The lowest BCUT2D eigenvalue weighted by molar-refractivity contribution is 0.204. The van der Waals surface area contributed by atoms with E-state index < -0.39 is 11.9 Å². The Morgan fingerprint density at radius 2 is 2.12 bits per heavy atom. The Bertz CT molecular complexity index is 438. The topological polar surface area (TPSA) is 39.1 Å². The molecule has 5 heteroatoms. The standard InChI is InChI=1S/C12H13ClFN3/c13-10-3-1-2-9(12(10)14)11(8-15)17-6-4-16-5-7-17/h1-3,11,16H,4-7H2. The highest BCUT2D eigenvalue weighted by Gasteiger charge is 2.24. The zero-order valence-electron chi connectivity index (χ0n) is 9.29. The summed E-state index contributed by atoms with van der Waals surface area (Å²) in [4.78, 5) is 1.96. The molecule has 1 saturated heterocycles. The second kappa shape index (κ2) is 5.46. The fraction of sp³-hybridized carbons (Fsp3) is 0.417. The van der Waals surface area contributed by atoms with Gasteiger partial charge in [-0.25, -0.2) is 4.39 Å². The Morgan fingerprint density at radius 3 is 2.76 bits per heavy atom. The van der Waals surface area contributed by atoms with Gasteiger partial charge in [0.2, 0.25) is 0 Å². The molecule has 1 aromatic carbocycles. The molecule has 1 aliphatic rings. The summed E-state index contributed by atoms with van der Waals surface area (Å²) < 4.78 is 13.9. The molecular weight excluding hydrogens is 241 g/mol. The summed E-state index contributed by atoms with van der Waals surface area (Å²) in [6.07, 6.45) is 0. The van der Waals surface area contributed by atoms with Crippen molar-refractivity contribution in [2.24, 2.45) is 0 Å². The van der Waals surface area contributed by atoms with Gasteiger partial charge in [0.1, 0.15) is 11.9 Å². The molecule has 2 rings (SSSR count). The Balaban J connectivity index is 2.29. The molecule has 0 spiro atoms. The number of rotatable bonds is 2. The van der Waals surface area contributed by atoms with Crippen molar-refractivity contribution in [3.63, 3.8) is 0 Å². The lowest BCUT2D eigenvalue weighted by Gasteiger charge is -2.31. The number of hydrogen-bond donors (Lipinski definition) is 1. The van der Waals surface area contributed by atoms with E-state index in [0.717, 1.165) is 26.2 Å². The lowest BCUT2D eigenvalue weighted by atomic mass is 10.1. The van der Waals surface area contributed by atoms with Crippen LogP contribution in [0.2, 0.25) is 5.02 Å². The van der Waals surface area contributed by atoms with Crippen molar-refractivity contribution in [1.29, 1.82) is 5.26 Å². The predicted octanol–water partition coefficient (Wildman–Crippen LogP) is 1.95. The minimum Gasteiger partial charge on any atom is -0.314 e. The van der Waals surface area contributed by atoms with Crippen LogP contribution >= 0.6 is 11.6 Å². The zero-order chi connectivity index (χ0) is 12.3. The minimum absolute atomic E-state index is 0.0675. The predicted molar refractivity (Wildman–Crippen MR) is 64.2 cm³/mol. The van der Waals surface area contributed by atoms with Crippen molar-refractivity contribution in [2.75, 3.05) is 26.2 Å². The monoisotopic (exact) mass is 253 g/mol. The maximum Gasteiger partial charge on any atom is 0.147 e. The largest absolute Gasteiger partial charge is 0.314 e. The van der Waals surface area contributed by atoms with Crippen molar-refractivity contribution < 1.29 is 4.39 Å². The molecule has 1 atom stereocenters. The van der Waals surface area contributed by atoms with Crippen LogP contribution < -0.4 is 5.32 Å². The van der Waals surface area contributed by atoms with Gasteiger partial charge in [0.15, 0.2) is 0 Å². The number of hydrogen-bond acceptors (Lipinski definition) is 3. The molecule has 90 valence electrons. The molecule has 0 saturated carbocycles. The van der Waals surface area contributed by atoms with Gasteiger partial charge in [-0.3, -0.25) is 4.90 Å². The Hall–Kier alpha value is -1.15. The number of nitriles is 1. The number of nitrogens with zero attached hydrogens (tertiary/aromatic N) is 2. The SMILES string of the molecule is N#CC(c1cccc(Cl)c1F)N1CCNCC1. The molecule has 0 bridgehead atoms. The summed E-state index contributed by atoms with van der Waals surface area (Å²) in [7, 11) is 0. The normalized spacial score (nSPS) is 18.6. The highest BCUT2D eigenvalue weighted by atomic mass is 35.5. The average molecular weight is 254 g/mol. The molecule has 0 aliphatic carbocycles.